The minimum Gasteiger partial charge on any atom is -0.462 e. The summed E-state index contributed by atoms with van der Waals surface area (Å²) in [6, 6.07) is 0. The summed E-state index contributed by atoms with van der Waals surface area (Å²) in [5.41, 5.74) is -2.08. The summed E-state index contributed by atoms with van der Waals surface area (Å²) >= 11 is 5.58. The van der Waals surface area contributed by atoms with Crippen LogP contribution >= 0.6 is 11.6 Å². The average Bonchev–Trinajstić information content (AvgIpc) is 2.17. The molecule has 0 fully saturated rings. The second-order valence-corrected chi connectivity index (χ2v) is 3.05. The summed E-state index contributed by atoms with van der Waals surface area (Å²) < 4.78 is 4.62. The molecule has 16 heavy (non-hydrogen) atoms. The fourth-order valence-corrected chi connectivity index (χ4v) is 1.30. The van der Waals surface area contributed by atoms with Gasteiger partial charge >= 0.3 is 17.2 Å². The molecule has 86 valence electrons. The van der Waals surface area contributed by atoms with Crippen LogP contribution in [0.1, 0.15) is 17.3 Å². The van der Waals surface area contributed by atoms with Gasteiger partial charge in [0.15, 0.2) is 0 Å². The first-order valence-corrected chi connectivity index (χ1v) is 4.59. The number of carbonyl (C=O) groups is 1. The van der Waals surface area contributed by atoms with Crippen LogP contribution in [0.2, 0.25) is 5.02 Å². The average molecular weight is 247 g/mol. The van der Waals surface area contributed by atoms with E-state index in [1.807, 2.05) is 4.98 Å². The molecule has 1 heterocycles. The van der Waals surface area contributed by atoms with Crippen LogP contribution in [0, 0.1) is 10.1 Å². The Kier molecular flexibility index (Phi) is 3.62. The maximum Gasteiger partial charge on any atom is 0.353 e. The quantitative estimate of drug-likeness (QED) is 0.489. The monoisotopic (exact) mass is 246 g/mol. The highest BCUT2D eigenvalue weighted by atomic mass is 35.5. The Hall–Kier alpha value is -1.89. The second kappa shape index (κ2) is 4.75. The van der Waals surface area contributed by atoms with Crippen LogP contribution in [0.15, 0.2) is 11.0 Å². The van der Waals surface area contributed by atoms with Crippen molar-refractivity contribution in [2.45, 2.75) is 6.92 Å². The number of esters is 1. The van der Waals surface area contributed by atoms with Crippen molar-refractivity contribution < 1.29 is 14.5 Å². The number of nitrogens with zero attached hydrogens (tertiary/aromatic N) is 1. The van der Waals surface area contributed by atoms with Gasteiger partial charge in [0.05, 0.1) is 11.5 Å². The molecule has 0 spiro atoms. The Morgan fingerprint density at radius 3 is 2.81 bits per heavy atom. The lowest BCUT2D eigenvalue weighted by Gasteiger charge is -2.03. The molecule has 0 aromatic carbocycles. The van der Waals surface area contributed by atoms with Crippen molar-refractivity contribution in [3.05, 3.63) is 37.3 Å². The minimum absolute atomic E-state index is 0.0993. The van der Waals surface area contributed by atoms with Crippen LogP contribution in [0.25, 0.3) is 0 Å². The van der Waals surface area contributed by atoms with Gasteiger partial charge in [0.25, 0.3) is 0 Å². The number of rotatable bonds is 3. The number of hydrogen-bond donors (Lipinski definition) is 1. The Morgan fingerprint density at radius 2 is 2.31 bits per heavy atom. The van der Waals surface area contributed by atoms with Crippen molar-refractivity contribution in [1.82, 2.24) is 4.98 Å². The SMILES string of the molecule is CCOC(=O)c1c[nH]c(=O)c([N+](=O)[O-])c1Cl. The van der Waals surface area contributed by atoms with Crippen molar-refractivity contribution in [2.24, 2.45) is 0 Å². The zero-order valence-electron chi connectivity index (χ0n) is 8.15. The number of ether oxygens (including phenoxy) is 1. The largest absolute Gasteiger partial charge is 0.462 e. The van der Waals surface area contributed by atoms with Crippen molar-refractivity contribution in [2.75, 3.05) is 6.61 Å². The van der Waals surface area contributed by atoms with E-state index in [1.165, 1.54) is 0 Å². The first kappa shape index (κ1) is 12.2. The van der Waals surface area contributed by atoms with Crippen molar-refractivity contribution in [3.8, 4) is 0 Å². The van der Waals surface area contributed by atoms with Gasteiger partial charge < -0.3 is 9.72 Å². The molecule has 1 aromatic rings. The summed E-state index contributed by atoms with van der Waals surface area (Å²) in [5, 5.41) is 10.0. The molecule has 0 saturated heterocycles. The van der Waals surface area contributed by atoms with Crippen molar-refractivity contribution >= 4 is 23.3 Å². The minimum atomic E-state index is -0.969. The maximum atomic E-state index is 11.3. The summed E-state index contributed by atoms with van der Waals surface area (Å²) in [7, 11) is 0. The zero-order valence-corrected chi connectivity index (χ0v) is 8.91. The highest BCUT2D eigenvalue weighted by Gasteiger charge is 2.25. The first-order chi connectivity index (χ1) is 7.49. The van der Waals surface area contributed by atoms with Gasteiger partial charge in [-0.15, -0.1) is 0 Å². The Morgan fingerprint density at radius 1 is 1.69 bits per heavy atom. The van der Waals surface area contributed by atoms with E-state index >= 15 is 0 Å². The molecular weight excluding hydrogens is 240 g/mol. The molecule has 0 aliphatic carbocycles. The predicted molar refractivity (Wildman–Crippen MR) is 54.7 cm³/mol. The zero-order chi connectivity index (χ0) is 12.3. The van der Waals surface area contributed by atoms with Gasteiger partial charge in [-0.25, -0.2) is 4.79 Å². The maximum absolute atomic E-state index is 11.3. The molecule has 7 nitrogen and oxygen atoms in total. The standard InChI is InChI=1S/C8H7ClN2O5/c1-2-16-8(13)4-3-10-7(12)6(5(4)9)11(14)15/h3H,2H2,1H3,(H,10,12). The van der Waals surface area contributed by atoms with E-state index in [2.05, 4.69) is 4.74 Å². The van der Waals surface area contributed by atoms with E-state index in [-0.39, 0.29) is 12.2 Å². The van der Waals surface area contributed by atoms with E-state index in [4.69, 9.17) is 11.6 Å². The van der Waals surface area contributed by atoms with Crippen LogP contribution in [0.5, 0.6) is 0 Å². The third-order valence-electron chi connectivity index (χ3n) is 1.68. The van der Waals surface area contributed by atoms with Crippen LogP contribution in [-0.4, -0.2) is 22.5 Å². The first-order valence-electron chi connectivity index (χ1n) is 4.21. The van der Waals surface area contributed by atoms with Gasteiger partial charge in [-0.1, -0.05) is 11.6 Å². The number of aromatic amines is 1. The molecule has 0 bridgehead atoms. The summed E-state index contributed by atoms with van der Waals surface area (Å²) in [6.07, 6.45) is 0.982. The lowest BCUT2D eigenvalue weighted by molar-refractivity contribution is -0.386. The van der Waals surface area contributed by atoms with Crippen LogP contribution in [0.3, 0.4) is 0 Å². The van der Waals surface area contributed by atoms with Crippen LogP contribution in [0.4, 0.5) is 5.69 Å². The molecule has 0 unspecified atom stereocenters. The van der Waals surface area contributed by atoms with Crippen LogP contribution < -0.4 is 5.56 Å². The number of carbonyl (C=O) groups excluding carboxylic acids is 1. The molecule has 1 aromatic heterocycles. The number of nitrogens with one attached hydrogen (secondary N) is 1. The third-order valence-corrected chi connectivity index (χ3v) is 2.07. The summed E-state index contributed by atoms with van der Waals surface area (Å²) in [4.78, 5) is 34.0. The Labute approximate surface area is 94.1 Å². The van der Waals surface area contributed by atoms with E-state index < -0.39 is 27.2 Å². The van der Waals surface area contributed by atoms with Gasteiger partial charge in [0.2, 0.25) is 0 Å². The number of H-pyrrole nitrogens is 1. The fourth-order valence-electron chi connectivity index (χ4n) is 1.02. The molecule has 0 atom stereocenters. The number of halogens is 1. The number of hydrogen-bond acceptors (Lipinski definition) is 5. The molecule has 8 heteroatoms. The predicted octanol–water partition coefficient (Wildman–Crippen LogP) is 1.11. The smallest absolute Gasteiger partial charge is 0.353 e. The lowest BCUT2D eigenvalue weighted by Crippen LogP contribution is -2.16. The molecule has 0 radical (unpaired) electrons. The topological polar surface area (TPSA) is 102 Å². The molecule has 0 aliphatic heterocycles. The summed E-state index contributed by atoms with van der Waals surface area (Å²) in [5.74, 6) is -0.827. The van der Waals surface area contributed by atoms with Crippen molar-refractivity contribution in [3.63, 3.8) is 0 Å². The van der Waals surface area contributed by atoms with Gasteiger partial charge in [0, 0.05) is 6.20 Å². The number of nitro groups is 1. The van der Waals surface area contributed by atoms with Gasteiger partial charge in [0.1, 0.15) is 10.6 Å². The normalized spacial score (nSPS) is 9.88. The highest BCUT2D eigenvalue weighted by Crippen LogP contribution is 2.23. The second-order valence-electron chi connectivity index (χ2n) is 2.67. The Balaban J connectivity index is 3.35. The fraction of sp³-hybridized carbons (Fsp3) is 0.250. The number of pyridine rings is 1. The van der Waals surface area contributed by atoms with E-state index in [0.717, 1.165) is 6.20 Å². The third kappa shape index (κ3) is 2.19. The summed E-state index contributed by atoms with van der Waals surface area (Å²) in [6.45, 7) is 1.67. The molecule has 1 rings (SSSR count). The molecular formula is C8H7ClN2O5. The van der Waals surface area contributed by atoms with Crippen LogP contribution in [-0.2, 0) is 4.74 Å². The Bertz CT molecular complexity index is 496. The van der Waals surface area contributed by atoms with E-state index in [1.54, 1.807) is 6.92 Å². The van der Waals surface area contributed by atoms with Gasteiger partial charge in [-0.2, -0.15) is 0 Å². The molecule has 0 aliphatic rings. The molecule has 0 saturated carbocycles. The number of aromatic nitrogens is 1. The van der Waals surface area contributed by atoms with E-state index in [9.17, 15) is 19.7 Å². The van der Waals surface area contributed by atoms with Crippen molar-refractivity contribution in [1.29, 1.82) is 0 Å². The lowest BCUT2D eigenvalue weighted by atomic mass is 10.2. The molecule has 1 N–H and O–H groups in total. The van der Waals surface area contributed by atoms with Gasteiger partial charge in [-0.05, 0) is 6.92 Å². The van der Waals surface area contributed by atoms with E-state index in [0.29, 0.717) is 0 Å². The van der Waals surface area contributed by atoms with Gasteiger partial charge in [-0.3, -0.25) is 14.9 Å². The highest BCUT2D eigenvalue weighted by molar-refractivity contribution is 6.35. The molecule has 0 amide bonds.